The van der Waals surface area contributed by atoms with Crippen molar-refractivity contribution >= 4 is 48.9 Å². The molecule has 7 rings (SSSR count). The lowest BCUT2D eigenvalue weighted by atomic mass is 9.82. The minimum atomic E-state index is -3.51. The summed E-state index contributed by atoms with van der Waals surface area (Å²) in [6.07, 6.45) is 1.64. The van der Waals surface area contributed by atoms with E-state index in [1.807, 2.05) is 79.7 Å². The van der Waals surface area contributed by atoms with Gasteiger partial charge in [-0.05, 0) is 74.3 Å². The van der Waals surface area contributed by atoms with Crippen molar-refractivity contribution in [3.05, 3.63) is 83.9 Å². The van der Waals surface area contributed by atoms with Gasteiger partial charge >= 0.3 is 0 Å². The van der Waals surface area contributed by atoms with Gasteiger partial charge in [0.1, 0.15) is 0 Å². The highest BCUT2D eigenvalue weighted by atomic mass is 28.4. The fourth-order valence-corrected chi connectivity index (χ4v) is 11.0. The van der Waals surface area contributed by atoms with Gasteiger partial charge < -0.3 is 18.9 Å². The fraction of sp³-hybridized carbons (Fsp3) is 0.417. The molecule has 3 amide bonds. The lowest BCUT2D eigenvalue weighted by Gasteiger charge is -2.32. The molecule has 46 heavy (non-hydrogen) atoms. The van der Waals surface area contributed by atoms with Crippen LogP contribution in [0.5, 0.6) is 0 Å². The first kappa shape index (κ1) is 30.8. The van der Waals surface area contributed by atoms with Crippen LogP contribution >= 0.6 is 0 Å². The molecule has 2 fully saturated rings. The minimum Gasteiger partial charge on any atom is -0.394 e. The molecule has 8 nitrogen and oxygen atoms in total. The summed E-state index contributed by atoms with van der Waals surface area (Å²) in [6, 6.07) is 22.4. The highest BCUT2D eigenvalue weighted by Gasteiger charge is 2.67. The zero-order valence-corrected chi connectivity index (χ0v) is 27.5. The van der Waals surface area contributed by atoms with Crippen molar-refractivity contribution in [2.24, 2.45) is 5.92 Å². The van der Waals surface area contributed by atoms with Crippen LogP contribution in [0.4, 0.5) is 26.9 Å². The van der Waals surface area contributed by atoms with Gasteiger partial charge in [0.25, 0.3) is 5.91 Å². The van der Waals surface area contributed by atoms with Crippen molar-refractivity contribution in [3.63, 3.8) is 0 Å². The predicted octanol–water partition coefficient (Wildman–Crippen LogP) is 6.12. The van der Waals surface area contributed by atoms with Crippen molar-refractivity contribution in [1.29, 1.82) is 0 Å². The first-order chi connectivity index (χ1) is 22.1. The molecule has 0 radical (unpaired) electrons. The van der Waals surface area contributed by atoms with E-state index in [1.54, 1.807) is 27.8 Å². The summed E-state index contributed by atoms with van der Waals surface area (Å²) in [5, 5.41) is 9.88. The lowest BCUT2D eigenvalue weighted by Crippen LogP contribution is -2.44. The smallest absolute Gasteiger partial charge is 0.268 e. The number of halogens is 1. The maximum absolute atomic E-state index is 16.4. The Bertz CT molecular complexity index is 1700. The number of para-hydroxylation sites is 2. The van der Waals surface area contributed by atoms with Crippen LogP contribution in [0.1, 0.15) is 43.7 Å². The van der Waals surface area contributed by atoms with Gasteiger partial charge in [0, 0.05) is 41.4 Å². The third-order valence-electron chi connectivity index (χ3n) is 10.5. The molecule has 3 aromatic carbocycles. The topological polar surface area (TPSA) is 90.4 Å². The number of likely N-dealkylation sites (tertiary alicyclic amines) is 1. The maximum Gasteiger partial charge on any atom is 0.268 e. The summed E-state index contributed by atoms with van der Waals surface area (Å²) in [4.78, 5) is 47.0. The van der Waals surface area contributed by atoms with Crippen LogP contribution in [0.3, 0.4) is 0 Å². The summed E-state index contributed by atoms with van der Waals surface area (Å²) in [5.74, 6) is -1.15. The van der Waals surface area contributed by atoms with Crippen LogP contribution in [0, 0.1) is 5.92 Å². The van der Waals surface area contributed by atoms with E-state index in [2.05, 4.69) is 0 Å². The van der Waals surface area contributed by atoms with E-state index in [0.717, 1.165) is 24.1 Å². The zero-order chi connectivity index (χ0) is 32.4. The van der Waals surface area contributed by atoms with Gasteiger partial charge in [-0.3, -0.25) is 24.2 Å². The number of amides is 3. The molecule has 3 aromatic rings. The number of carbonyl (C=O) groups excluding carboxylic acids is 3. The van der Waals surface area contributed by atoms with Crippen molar-refractivity contribution in [2.45, 2.75) is 75.4 Å². The molecule has 1 spiro atoms. The second-order valence-electron chi connectivity index (χ2n) is 13.6. The van der Waals surface area contributed by atoms with Crippen molar-refractivity contribution in [2.75, 3.05) is 23.0 Å². The molecule has 0 aliphatic carbocycles. The monoisotopic (exact) mass is 641 g/mol. The average Bonchev–Trinajstić information content (AvgIpc) is 3.70. The maximum atomic E-state index is 16.4. The summed E-state index contributed by atoms with van der Waals surface area (Å²) in [6.45, 7) is 5.53. The van der Waals surface area contributed by atoms with Gasteiger partial charge in [-0.25, -0.2) is 0 Å². The molecule has 240 valence electrons. The Labute approximate surface area is 269 Å². The quantitative estimate of drug-likeness (QED) is 0.259. The molecule has 5 atom stereocenters. The summed E-state index contributed by atoms with van der Waals surface area (Å²) in [5.41, 5.74) is 2.13. The van der Waals surface area contributed by atoms with E-state index in [9.17, 15) is 19.5 Å². The first-order valence-electron chi connectivity index (χ1n) is 16.3. The molecule has 10 heteroatoms. The first-order valence-corrected chi connectivity index (χ1v) is 19.2. The molecule has 4 heterocycles. The number of carbonyl (C=O) groups is 3. The van der Waals surface area contributed by atoms with E-state index in [4.69, 9.17) is 4.74 Å². The van der Waals surface area contributed by atoms with E-state index in [-0.39, 0.29) is 36.8 Å². The third-order valence-corrected chi connectivity index (χ3v) is 13.0. The number of aryl methyl sites for hydroxylation is 1. The number of hydrogen-bond acceptors (Lipinski definition) is 5. The third kappa shape index (κ3) is 4.72. The molecular formula is C36H40FN3O5Si. The second kappa shape index (κ2) is 11.4. The Kier molecular flexibility index (Phi) is 7.65. The molecule has 0 bridgehead atoms. The number of hydrogen-bond donors (Lipinski definition) is 1. The van der Waals surface area contributed by atoms with Gasteiger partial charge in [-0.2, -0.15) is 0 Å². The normalized spacial score (nSPS) is 27.5. The van der Waals surface area contributed by atoms with Crippen LogP contribution in [0.15, 0.2) is 72.8 Å². The van der Waals surface area contributed by atoms with Crippen LogP contribution in [0.25, 0.3) is 0 Å². The number of aliphatic hydroxyl groups excluding tert-OH is 1. The zero-order valence-electron chi connectivity index (χ0n) is 26.5. The van der Waals surface area contributed by atoms with Gasteiger partial charge in [0.05, 0.1) is 36.5 Å². The van der Waals surface area contributed by atoms with Crippen molar-refractivity contribution in [1.82, 2.24) is 4.90 Å². The number of rotatable bonds is 6. The van der Waals surface area contributed by atoms with Crippen LogP contribution in [0.2, 0.25) is 18.6 Å². The Balaban J connectivity index is 1.36. The Morgan fingerprint density at radius 3 is 2.46 bits per heavy atom. The van der Waals surface area contributed by atoms with E-state index in [0.29, 0.717) is 42.0 Å². The summed E-state index contributed by atoms with van der Waals surface area (Å²) < 4.78 is 23.3. The highest BCUT2D eigenvalue weighted by molar-refractivity contribution is 6.72. The average molecular weight is 642 g/mol. The molecular weight excluding hydrogens is 601 g/mol. The van der Waals surface area contributed by atoms with Crippen molar-refractivity contribution < 1.29 is 28.3 Å². The van der Waals surface area contributed by atoms with Crippen molar-refractivity contribution in [3.8, 4) is 0 Å². The molecule has 4 aliphatic heterocycles. The molecule has 0 unspecified atom stereocenters. The molecule has 0 aromatic heterocycles. The molecule has 0 saturated carbocycles. The number of nitrogens with zero attached hydrogens (tertiary/aromatic N) is 3. The number of anilines is 4. The fourth-order valence-electron chi connectivity index (χ4n) is 8.49. The Morgan fingerprint density at radius 1 is 0.978 bits per heavy atom. The van der Waals surface area contributed by atoms with Crippen LogP contribution in [-0.2, 0) is 31.1 Å². The number of fused-ring (bicyclic) bond motifs is 3. The largest absolute Gasteiger partial charge is 0.394 e. The van der Waals surface area contributed by atoms with Crippen LogP contribution < -0.4 is 9.80 Å². The second-order valence-corrected chi connectivity index (χ2v) is 17.4. The van der Waals surface area contributed by atoms with Gasteiger partial charge in [-0.1, -0.05) is 43.3 Å². The highest BCUT2D eigenvalue weighted by Crippen LogP contribution is 2.62. The predicted molar refractivity (Wildman–Crippen MR) is 176 cm³/mol. The van der Waals surface area contributed by atoms with Gasteiger partial charge in [0.2, 0.25) is 20.2 Å². The lowest BCUT2D eigenvalue weighted by molar-refractivity contribution is -0.149. The van der Waals surface area contributed by atoms with E-state index < -0.39 is 31.6 Å². The summed E-state index contributed by atoms with van der Waals surface area (Å²) >= 11 is 0. The summed E-state index contributed by atoms with van der Waals surface area (Å²) in [7, 11) is -3.51. The van der Waals surface area contributed by atoms with E-state index >= 15 is 4.11 Å². The molecule has 4 aliphatic rings. The molecule has 1 N–H and O–H groups in total. The number of aliphatic hydroxyl groups is 1. The number of benzene rings is 3. The minimum absolute atomic E-state index is 0.0416. The Hall–Kier alpha value is -3.86. The number of ether oxygens (including phenoxy) is 1. The van der Waals surface area contributed by atoms with E-state index in [1.165, 1.54) is 0 Å². The SMILES string of the molecule is C[C@H]1[C@H]([Si](C)(C)F)[C@@H](CC(=O)N2CCC[C@H]2CO)O[C@]12C(=O)N(c1ccccc1)c1ccc(N3C(=O)CCc4ccccc43)cc12. The standard InChI is InChI=1S/C36H40FN3O5Si/c1-23-34(46(2,3)37)31(21-33(43)38-19-9-13-27(38)22-41)45-36(23)28-20-26(39-29-14-8-7-10-24(29)15-18-32(39)42)16-17-30(28)40(35(36)44)25-11-5-4-6-12-25/h4-8,10-12,14,16-17,20,23,27,31,34,41H,9,13,15,18-19,21-22H2,1-3H3/t23-,27-,31+,34-,36+/m0/s1. The Morgan fingerprint density at radius 2 is 1.72 bits per heavy atom. The van der Waals surface area contributed by atoms with Gasteiger partial charge in [-0.15, -0.1) is 0 Å². The van der Waals surface area contributed by atoms with Crippen LogP contribution in [-0.4, -0.2) is 61.4 Å². The van der Waals surface area contributed by atoms with Gasteiger partial charge in [0.15, 0.2) is 5.60 Å². The molecule has 2 saturated heterocycles.